The van der Waals surface area contributed by atoms with Gasteiger partial charge in [0.15, 0.2) is 0 Å². The predicted octanol–water partition coefficient (Wildman–Crippen LogP) is 2.29. The SMILES string of the molecule is Cc1cccc(CN2CCN(C(=O)CC[C@H]3CCCN(C)C3)CC2=O)c1. The Kier molecular flexibility index (Phi) is 6.30. The minimum absolute atomic E-state index is 0.0588. The van der Waals surface area contributed by atoms with Crippen molar-refractivity contribution in [1.29, 1.82) is 0 Å². The highest BCUT2D eigenvalue weighted by Crippen LogP contribution is 2.21. The number of aryl methyl sites for hydroxylation is 1. The Morgan fingerprint density at radius 1 is 1.23 bits per heavy atom. The maximum atomic E-state index is 12.5. The third-order valence-corrected chi connectivity index (χ3v) is 5.62. The zero-order valence-corrected chi connectivity index (χ0v) is 16.1. The first-order valence-electron chi connectivity index (χ1n) is 9.81. The molecular formula is C21H31N3O2. The number of piperidine rings is 1. The van der Waals surface area contributed by atoms with Crippen molar-refractivity contribution in [3.8, 4) is 0 Å². The molecule has 0 saturated carbocycles. The Bertz CT molecular complexity index is 646. The second kappa shape index (κ2) is 8.67. The van der Waals surface area contributed by atoms with E-state index in [-0.39, 0.29) is 18.4 Å². The van der Waals surface area contributed by atoms with Crippen LogP contribution in [0.5, 0.6) is 0 Å². The van der Waals surface area contributed by atoms with E-state index < -0.39 is 0 Å². The molecule has 0 N–H and O–H groups in total. The van der Waals surface area contributed by atoms with Crippen LogP contribution in [0, 0.1) is 12.8 Å². The molecule has 5 heteroatoms. The van der Waals surface area contributed by atoms with E-state index in [9.17, 15) is 9.59 Å². The Balaban J connectivity index is 1.45. The van der Waals surface area contributed by atoms with E-state index in [2.05, 4.69) is 37.1 Å². The lowest BCUT2D eigenvalue weighted by Crippen LogP contribution is -2.51. The van der Waals surface area contributed by atoms with E-state index in [1.807, 2.05) is 11.0 Å². The van der Waals surface area contributed by atoms with E-state index in [1.54, 1.807) is 4.90 Å². The molecule has 0 aliphatic carbocycles. The Morgan fingerprint density at radius 3 is 2.81 bits per heavy atom. The van der Waals surface area contributed by atoms with Gasteiger partial charge in [-0.25, -0.2) is 0 Å². The van der Waals surface area contributed by atoms with E-state index in [1.165, 1.54) is 24.9 Å². The zero-order chi connectivity index (χ0) is 18.5. The normalized spacial score (nSPS) is 21.9. The smallest absolute Gasteiger partial charge is 0.242 e. The summed E-state index contributed by atoms with van der Waals surface area (Å²) in [6, 6.07) is 8.26. The highest BCUT2D eigenvalue weighted by atomic mass is 16.2. The van der Waals surface area contributed by atoms with E-state index in [0.717, 1.165) is 18.5 Å². The number of carbonyl (C=O) groups excluding carboxylic acids is 2. The highest BCUT2D eigenvalue weighted by molar-refractivity contribution is 5.86. The van der Waals surface area contributed by atoms with Gasteiger partial charge in [0, 0.05) is 32.6 Å². The van der Waals surface area contributed by atoms with Crippen LogP contribution in [0.1, 0.15) is 36.8 Å². The van der Waals surface area contributed by atoms with Gasteiger partial charge in [0.05, 0.1) is 6.54 Å². The van der Waals surface area contributed by atoms with Crippen LogP contribution in [0.15, 0.2) is 24.3 Å². The molecular weight excluding hydrogens is 326 g/mol. The molecule has 1 aromatic carbocycles. The fraction of sp³-hybridized carbons (Fsp3) is 0.619. The van der Waals surface area contributed by atoms with Crippen molar-refractivity contribution in [2.75, 3.05) is 39.8 Å². The van der Waals surface area contributed by atoms with Crippen LogP contribution < -0.4 is 0 Å². The number of hydrogen-bond donors (Lipinski definition) is 0. The van der Waals surface area contributed by atoms with Crippen LogP contribution in [-0.4, -0.2) is 66.3 Å². The second-order valence-electron chi connectivity index (χ2n) is 7.93. The minimum atomic E-state index is 0.0588. The van der Waals surface area contributed by atoms with Crippen molar-refractivity contribution in [1.82, 2.24) is 14.7 Å². The largest absolute Gasteiger partial charge is 0.335 e. The van der Waals surface area contributed by atoms with E-state index in [4.69, 9.17) is 0 Å². The quantitative estimate of drug-likeness (QED) is 0.812. The molecule has 2 saturated heterocycles. The third-order valence-electron chi connectivity index (χ3n) is 5.62. The van der Waals surface area contributed by atoms with Gasteiger partial charge in [-0.3, -0.25) is 9.59 Å². The molecule has 1 atom stereocenters. The monoisotopic (exact) mass is 357 g/mol. The molecule has 3 rings (SSSR count). The molecule has 0 radical (unpaired) electrons. The van der Waals surface area contributed by atoms with Crippen molar-refractivity contribution in [3.63, 3.8) is 0 Å². The number of amides is 2. The minimum Gasteiger partial charge on any atom is -0.335 e. The highest BCUT2D eigenvalue weighted by Gasteiger charge is 2.27. The van der Waals surface area contributed by atoms with Gasteiger partial charge in [-0.2, -0.15) is 0 Å². The summed E-state index contributed by atoms with van der Waals surface area (Å²) in [7, 11) is 2.15. The lowest BCUT2D eigenvalue weighted by atomic mass is 9.93. The van der Waals surface area contributed by atoms with Crippen LogP contribution in [-0.2, 0) is 16.1 Å². The zero-order valence-electron chi connectivity index (χ0n) is 16.1. The fourth-order valence-corrected chi connectivity index (χ4v) is 4.11. The van der Waals surface area contributed by atoms with Crippen molar-refractivity contribution < 1.29 is 9.59 Å². The molecule has 2 aliphatic rings. The first-order valence-corrected chi connectivity index (χ1v) is 9.81. The Morgan fingerprint density at radius 2 is 2.08 bits per heavy atom. The van der Waals surface area contributed by atoms with Gasteiger partial charge in [0.25, 0.3) is 0 Å². The topological polar surface area (TPSA) is 43.9 Å². The standard InChI is InChI=1S/C21H31N3O2/c1-17-5-3-6-19(13-17)15-23-11-12-24(16-21(23)26)20(25)9-8-18-7-4-10-22(2)14-18/h3,5-6,13,18H,4,7-12,14-16H2,1-2H3/t18-/m1/s1. The lowest BCUT2D eigenvalue weighted by molar-refractivity contribution is -0.145. The number of carbonyl (C=O) groups is 2. The molecule has 0 bridgehead atoms. The molecule has 2 heterocycles. The third kappa shape index (κ3) is 5.07. The van der Waals surface area contributed by atoms with Gasteiger partial charge in [-0.1, -0.05) is 29.8 Å². The summed E-state index contributed by atoms with van der Waals surface area (Å²) in [6.45, 7) is 6.47. The van der Waals surface area contributed by atoms with Crippen LogP contribution in [0.3, 0.4) is 0 Å². The molecule has 1 aromatic rings. The van der Waals surface area contributed by atoms with Crippen molar-refractivity contribution in [2.24, 2.45) is 5.92 Å². The van der Waals surface area contributed by atoms with Gasteiger partial charge in [0.1, 0.15) is 0 Å². The number of hydrogen-bond acceptors (Lipinski definition) is 3. The number of nitrogens with zero attached hydrogens (tertiary/aromatic N) is 3. The fourth-order valence-electron chi connectivity index (χ4n) is 4.11. The molecule has 0 aromatic heterocycles. The molecule has 142 valence electrons. The van der Waals surface area contributed by atoms with Crippen molar-refractivity contribution in [3.05, 3.63) is 35.4 Å². The summed E-state index contributed by atoms with van der Waals surface area (Å²) in [4.78, 5) is 31.0. The number of rotatable bonds is 5. The van der Waals surface area contributed by atoms with Gasteiger partial charge in [-0.05, 0) is 51.3 Å². The average Bonchev–Trinajstić information content (AvgIpc) is 2.61. The van der Waals surface area contributed by atoms with Crippen LogP contribution >= 0.6 is 0 Å². The van der Waals surface area contributed by atoms with E-state index in [0.29, 0.717) is 32.0 Å². The van der Waals surface area contributed by atoms with Gasteiger partial charge < -0.3 is 14.7 Å². The first kappa shape index (κ1) is 18.9. The van der Waals surface area contributed by atoms with Gasteiger partial charge in [0.2, 0.25) is 11.8 Å². The lowest BCUT2D eigenvalue weighted by Gasteiger charge is -2.35. The summed E-state index contributed by atoms with van der Waals surface area (Å²) in [5.74, 6) is 0.821. The molecule has 0 unspecified atom stereocenters. The van der Waals surface area contributed by atoms with Gasteiger partial charge in [-0.15, -0.1) is 0 Å². The molecule has 5 nitrogen and oxygen atoms in total. The summed E-state index contributed by atoms with van der Waals surface area (Å²) >= 11 is 0. The molecule has 2 aliphatic heterocycles. The summed E-state index contributed by atoms with van der Waals surface area (Å²) < 4.78 is 0. The maximum absolute atomic E-state index is 12.5. The van der Waals surface area contributed by atoms with Crippen LogP contribution in [0.2, 0.25) is 0 Å². The number of benzene rings is 1. The second-order valence-corrected chi connectivity index (χ2v) is 7.93. The van der Waals surface area contributed by atoms with Crippen molar-refractivity contribution >= 4 is 11.8 Å². The maximum Gasteiger partial charge on any atom is 0.242 e. The first-order chi connectivity index (χ1) is 12.5. The molecule has 26 heavy (non-hydrogen) atoms. The Labute approximate surface area is 156 Å². The average molecular weight is 357 g/mol. The summed E-state index contributed by atoms with van der Waals surface area (Å²) in [5, 5.41) is 0. The van der Waals surface area contributed by atoms with Crippen LogP contribution in [0.4, 0.5) is 0 Å². The summed E-state index contributed by atoms with van der Waals surface area (Å²) in [5.41, 5.74) is 2.36. The number of piperazine rings is 1. The molecule has 0 spiro atoms. The molecule has 2 fully saturated rings. The number of likely N-dealkylation sites (tertiary alicyclic amines) is 1. The molecule has 2 amide bonds. The summed E-state index contributed by atoms with van der Waals surface area (Å²) in [6.07, 6.45) is 3.97. The van der Waals surface area contributed by atoms with Crippen LogP contribution in [0.25, 0.3) is 0 Å². The van der Waals surface area contributed by atoms with E-state index >= 15 is 0 Å². The van der Waals surface area contributed by atoms with Crippen molar-refractivity contribution in [2.45, 2.75) is 39.2 Å². The van der Waals surface area contributed by atoms with Gasteiger partial charge >= 0.3 is 0 Å². The Hall–Kier alpha value is -1.88. The predicted molar refractivity (Wildman–Crippen MR) is 103 cm³/mol.